The molecule has 2 fully saturated rings. The molecule has 0 radical (unpaired) electrons. The van der Waals surface area contributed by atoms with Gasteiger partial charge in [0.2, 0.25) is 6.41 Å². The third-order valence-corrected chi connectivity index (χ3v) is 10.2. The Morgan fingerprint density at radius 3 is 2.33 bits per heavy atom. The topological polar surface area (TPSA) is 158 Å². The molecular formula is C37H43ClF4N10O3. The smallest absolute Gasteiger partial charge is 0.335 e. The molecule has 7 rings (SSSR count). The van der Waals surface area contributed by atoms with Crippen LogP contribution in [0.1, 0.15) is 89.6 Å². The fourth-order valence-electron chi connectivity index (χ4n) is 6.81. The van der Waals surface area contributed by atoms with Gasteiger partial charge in [-0.15, -0.1) is 0 Å². The van der Waals surface area contributed by atoms with E-state index in [0.29, 0.717) is 47.5 Å². The van der Waals surface area contributed by atoms with Gasteiger partial charge in [0, 0.05) is 25.2 Å². The van der Waals surface area contributed by atoms with Gasteiger partial charge < -0.3 is 15.8 Å². The van der Waals surface area contributed by atoms with Gasteiger partial charge in [-0.05, 0) is 60.8 Å². The number of hydrogen-bond donors (Lipinski definition) is 2. The number of nitrogens with zero attached hydrogens (tertiary/aromatic N) is 8. The van der Waals surface area contributed by atoms with Crippen LogP contribution in [0.15, 0.2) is 60.0 Å². The summed E-state index contributed by atoms with van der Waals surface area (Å²) in [5, 5.41) is 15.0. The summed E-state index contributed by atoms with van der Waals surface area (Å²) >= 11 is 6.44. The number of nitrogens with two attached hydrogens (primary N) is 1. The Morgan fingerprint density at radius 2 is 1.78 bits per heavy atom. The minimum atomic E-state index is -2.92. The summed E-state index contributed by atoms with van der Waals surface area (Å²) in [6.07, 6.45) is 6.42. The number of amides is 2. The zero-order chi connectivity index (χ0) is 39.9. The van der Waals surface area contributed by atoms with Crippen molar-refractivity contribution in [2.75, 3.05) is 13.7 Å². The molecule has 0 saturated heterocycles. The maximum atomic E-state index is 14.7. The number of halogens is 5. The molecule has 2 atom stereocenters. The number of aliphatic imine (C=N–C) groups is 1. The van der Waals surface area contributed by atoms with Gasteiger partial charge in [-0.1, -0.05) is 62.7 Å². The average Bonchev–Trinajstić information content (AvgIpc) is 3.99. The number of rotatable bonds is 13. The lowest BCUT2D eigenvalue weighted by Gasteiger charge is -2.35. The van der Waals surface area contributed by atoms with Crippen molar-refractivity contribution in [3.63, 3.8) is 0 Å². The second-order valence-corrected chi connectivity index (χ2v) is 15.8. The van der Waals surface area contributed by atoms with Gasteiger partial charge in [0.05, 0.1) is 29.9 Å². The standard InChI is InChI=1S/C31H34ClF2N9O2.C6H9F2NO/c1-30(2,3)16-31(20-8-5-18(6-9-20)24-14-37-43(40-24)21-10-11-21)27(44)41(29(35)39-31)25(15-45-4)19-7-12-23(32)22(13-19)26-36-17-38-42(26)28(33)34;1-5(7,8)6(2-3-6)9-4-10/h5-9,12-14,17,21,25,28H,10-11,15-16H2,1-4H3,(H2,35,39);4H,2-3H2,1H3,(H,9,10)/t25?,31-;/m1./s1. The van der Waals surface area contributed by atoms with Crippen LogP contribution < -0.4 is 11.1 Å². The van der Waals surface area contributed by atoms with Crippen molar-refractivity contribution in [1.29, 1.82) is 0 Å². The first-order chi connectivity index (χ1) is 25.9. The van der Waals surface area contributed by atoms with Crippen molar-refractivity contribution >= 4 is 29.9 Å². The maximum Gasteiger partial charge on any atom is 0.335 e. The minimum absolute atomic E-state index is 0.0231. The third kappa shape index (κ3) is 8.08. The highest BCUT2D eigenvalue weighted by Crippen LogP contribution is 2.48. The predicted octanol–water partition coefficient (Wildman–Crippen LogP) is 6.68. The number of alkyl halides is 4. The number of nitrogens with one attached hydrogen (secondary N) is 1. The van der Waals surface area contributed by atoms with E-state index in [2.05, 4.69) is 25.6 Å². The lowest BCUT2D eigenvalue weighted by molar-refractivity contribution is -0.135. The van der Waals surface area contributed by atoms with Crippen molar-refractivity contribution in [2.24, 2.45) is 16.1 Å². The summed E-state index contributed by atoms with van der Waals surface area (Å²) in [4.78, 5) is 36.6. The molecule has 4 aromatic rings. The third-order valence-electron chi connectivity index (χ3n) is 9.89. The van der Waals surface area contributed by atoms with Crippen molar-refractivity contribution in [1.82, 2.24) is 40.0 Å². The van der Waals surface area contributed by atoms with Gasteiger partial charge >= 0.3 is 6.55 Å². The summed E-state index contributed by atoms with van der Waals surface area (Å²) in [5.74, 6) is -3.19. The molecule has 1 unspecified atom stereocenters. The molecule has 0 spiro atoms. The number of aromatic nitrogens is 6. The number of benzene rings is 2. The first-order valence-corrected chi connectivity index (χ1v) is 18.1. The molecule has 0 bridgehead atoms. The van der Waals surface area contributed by atoms with E-state index >= 15 is 0 Å². The Balaban J connectivity index is 0.000000448. The highest BCUT2D eigenvalue weighted by Gasteiger charge is 2.59. The normalized spacial score (nSPS) is 19.9. The van der Waals surface area contributed by atoms with Crippen LogP contribution in [-0.2, 0) is 19.9 Å². The van der Waals surface area contributed by atoms with Gasteiger partial charge in [0.1, 0.15) is 17.6 Å². The lowest BCUT2D eigenvalue weighted by Crippen LogP contribution is -2.47. The molecule has 2 aliphatic carbocycles. The van der Waals surface area contributed by atoms with Gasteiger partial charge in [-0.25, -0.2) is 18.8 Å². The molecule has 3 heterocycles. The minimum Gasteiger partial charge on any atom is -0.382 e. The fourth-order valence-corrected chi connectivity index (χ4v) is 7.02. The highest BCUT2D eigenvalue weighted by atomic mass is 35.5. The van der Waals surface area contributed by atoms with E-state index in [4.69, 9.17) is 27.1 Å². The van der Waals surface area contributed by atoms with Crippen LogP contribution in [-0.4, -0.2) is 78.1 Å². The Kier molecular flexibility index (Phi) is 10.8. The fraction of sp³-hybridized carbons (Fsp3) is 0.486. The largest absolute Gasteiger partial charge is 0.382 e. The lowest BCUT2D eigenvalue weighted by atomic mass is 9.75. The van der Waals surface area contributed by atoms with Crippen LogP contribution in [0.4, 0.5) is 17.6 Å². The van der Waals surface area contributed by atoms with Crippen molar-refractivity contribution in [2.45, 2.75) is 95.4 Å². The number of methoxy groups -OCH3 is 1. The summed E-state index contributed by atoms with van der Waals surface area (Å²) in [5.41, 5.74) is 6.82. The number of carbonyl (C=O) groups excluding carboxylic acids is 2. The molecule has 3 N–H and O–H groups in total. The summed E-state index contributed by atoms with van der Waals surface area (Å²) in [6, 6.07) is 12.1. The maximum absolute atomic E-state index is 14.7. The van der Waals surface area contributed by atoms with Gasteiger partial charge in [-0.2, -0.15) is 33.6 Å². The van der Waals surface area contributed by atoms with Gasteiger partial charge in [0.25, 0.3) is 11.8 Å². The molecular weight excluding hydrogens is 744 g/mol. The second kappa shape index (κ2) is 15.0. The molecule has 2 amide bonds. The number of ether oxygens (including phenoxy) is 1. The number of hydrogen-bond acceptors (Lipinski definition) is 9. The molecule has 2 saturated carbocycles. The van der Waals surface area contributed by atoms with E-state index in [1.807, 2.05) is 45.0 Å². The quantitative estimate of drug-likeness (QED) is 0.112. The molecule has 2 aromatic carbocycles. The molecule has 294 valence electrons. The molecule has 2 aromatic heterocycles. The molecule has 1 aliphatic heterocycles. The summed E-state index contributed by atoms with van der Waals surface area (Å²) < 4.78 is 58.4. The number of guanidine groups is 1. The Hall–Kier alpha value is -4.90. The van der Waals surface area contributed by atoms with Crippen LogP contribution in [0.3, 0.4) is 0 Å². The van der Waals surface area contributed by atoms with Crippen LogP contribution >= 0.6 is 11.6 Å². The average molecular weight is 787 g/mol. The van der Waals surface area contributed by atoms with Crippen molar-refractivity contribution < 1.29 is 31.9 Å². The van der Waals surface area contributed by atoms with E-state index in [0.717, 1.165) is 37.4 Å². The van der Waals surface area contributed by atoms with E-state index in [1.54, 1.807) is 29.2 Å². The van der Waals surface area contributed by atoms with E-state index < -0.39 is 29.6 Å². The molecule has 55 heavy (non-hydrogen) atoms. The first-order valence-electron chi connectivity index (χ1n) is 17.7. The zero-order valence-electron chi connectivity index (χ0n) is 31.0. The van der Waals surface area contributed by atoms with Crippen LogP contribution in [0.25, 0.3) is 22.6 Å². The van der Waals surface area contributed by atoms with Crippen LogP contribution in [0.2, 0.25) is 5.02 Å². The molecule has 18 heteroatoms. The predicted molar refractivity (Wildman–Crippen MR) is 196 cm³/mol. The summed E-state index contributed by atoms with van der Waals surface area (Å²) in [7, 11) is 1.51. The number of carbonyl (C=O) groups is 2. The Morgan fingerprint density at radius 1 is 1.09 bits per heavy atom. The first kappa shape index (κ1) is 39.8. The molecule has 13 nitrogen and oxygen atoms in total. The van der Waals surface area contributed by atoms with Crippen molar-refractivity contribution in [3.05, 3.63) is 71.1 Å². The monoisotopic (exact) mass is 786 g/mol. The van der Waals surface area contributed by atoms with Crippen molar-refractivity contribution in [3.8, 4) is 22.6 Å². The zero-order valence-corrected chi connectivity index (χ0v) is 31.8. The SMILES string of the molecule is CC(F)(F)C1(NC=O)CC1.COCC(c1ccc(Cl)c(-c2ncnn2C(F)F)c1)N1C(=O)[C@@](CC(C)(C)C)(c2ccc(-c3cnn(C4CC4)n3)cc2)N=C1N. The Bertz CT molecular complexity index is 2050. The van der Waals surface area contributed by atoms with Crippen LogP contribution in [0.5, 0.6) is 0 Å². The Labute approximate surface area is 320 Å². The van der Waals surface area contributed by atoms with E-state index in [9.17, 15) is 27.2 Å². The van der Waals surface area contributed by atoms with Crippen LogP contribution in [0, 0.1) is 5.41 Å². The summed E-state index contributed by atoms with van der Waals surface area (Å²) in [6.45, 7) is 4.08. The highest BCUT2D eigenvalue weighted by molar-refractivity contribution is 6.33. The van der Waals surface area contributed by atoms with Gasteiger partial charge in [0.15, 0.2) is 17.3 Å². The van der Waals surface area contributed by atoms with E-state index in [1.165, 1.54) is 12.0 Å². The van der Waals surface area contributed by atoms with E-state index in [-0.39, 0.29) is 40.3 Å². The molecule has 3 aliphatic rings. The second-order valence-electron chi connectivity index (χ2n) is 15.4. The van der Waals surface area contributed by atoms with Gasteiger partial charge in [-0.3, -0.25) is 14.5 Å².